The maximum Gasteiger partial charge on any atom is 0.304 e. The van der Waals surface area contributed by atoms with Crippen molar-refractivity contribution in [3.05, 3.63) is 56.1 Å². The molecule has 0 saturated carbocycles. The lowest BCUT2D eigenvalue weighted by Gasteiger charge is -2.19. The van der Waals surface area contributed by atoms with Crippen LogP contribution in [0.1, 0.15) is 42.1 Å². The highest BCUT2D eigenvalue weighted by Crippen LogP contribution is 2.28. The molecule has 0 radical (unpaired) electrons. The van der Waals surface area contributed by atoms with E-state index in [1.165, 1.54) is 48.1 Å². The van der Waals surface area contributed by atoms with Gasteiger partial charge in [-0.1, -0.05) is 42.0 Å². The summed E-state index contributed by atoms with van der Waals surface area (Å²) in [6.07, 6.45) is 4.88. The third-order valence-electron chi connectivity index (χ3n) is 3.73. The fraction of sp³-hybridized carbons (Fsp3) is 0.400. The van der Waals surface area contributed by atoms with Gasteiger partial charge in [0.15, 0.2) is 0 Å². The lowest BCUT2D eigenvalue weighted by atomic mass is 9.99. The summed E-state index contributed by atoms with van der Waals surface area (Å²) >= 11 is 1.23. The Bertz CT molecular complexity index is 602. The molecule has 0 amide bonds. The SMILES string of the molecule is O=c1[nH]c(CNC2CCCCc3ccccc32)cs1. The molecular weight excluding hydrogens is 256 g/mol. The second kappa shape index (κ2) is 5.72. The predicted octanol–water partition coefficient (Wildman–Crippen LogP) is 2.99. The van der Waals surface area contributed by atoms with E-state index in [9.17, 15) is 4.79 Å². The molecule has 19 heavy (non-hydrogen) atoms. The summed E-state index contributed by atoms with van der Waals surface area (Å²) < 4.78 is 0. The summed E-state index contributed by atoms with van der Waals surface area (Å²) in [5, 5.41) is 5.48. The van der Waals surface area contributed by atoms with Crippen molar-refractivity contribution < 1.29 is 0 Å². The summed E-state index contributed by atoms with van der Waals surface area (Å²) in [4.78, 5) is 14.0. The van der Waals surface area contributed by atoms with Gasteiger partial charge in [-0.15, -0.1) is 0 Å². The van der Waals surface area contributed by atoms with Gasteiger partial charge < -0.3 is 10.3 Å². The average molecular weight is 274 g/mol. The Hall–Kier alpha value is -1.39. The first kappa shape index (κ1) is 12.6. The first-order valence-electron chi connectivity index (χ1n) is 6.81. The maximum atomic E-state index is 11.1. The molecule has 1 aromatic carbocycles. The maximum absolute atomic E-state index is 11.1. The summed E-state index contributed by atoms with van der Waals surface area (Å²) in [7, 11) is 0. The molecule has 1 aliphatic rings. The van der Waals surface area contributed by atoms with Gasteiger partial charge in [0, 0.05) is 23.7 Å². The van der Waals surface area contributed by atoms with Crippen LogP contribution in [0.25, 0.3) is 0 Å². The molecule has 0 aliphatic heterocycles. The van der Waals surface area contributed by atoms with Gasteiger partial charge in [0.05, 0.1) is 0 Å². The molecule has 0 spiro atoms. The van der Waals surface area contributed by atoms with E-state index in [2.05, 4.69) is 34.6 Å². The number of hydrogen-bond acceptors (Lipinski definition) is 3. The van der Waals surface area contributed by atoms with Crippen molar-refractivity contribution in [2.75, 3.05) is 0 Å². The normalized spacial score (nSPS) is 18.8. The van der Waals surface area contributed by atoms with E-state index in [0.717, 1.165) is 12.2 Å². The van der Waals surface area contributed by atoms with Crippen molar-refractivity contribution in [3.63, 3.8) is 0 Å². The van der Waals surface area contributed by atoms with Gasteiger partial charge in [0.2, 0.25) is 0 Å². The molecule has 100 valence electrons. The smallest absolute Gasteiger partial charge is 0.304 e. The average Bonchev–Trinajstić information content (AvgIpc) is 2.73. The molecule has 3 rings (SSSR count). The Kier molecular flexibility index (Phi) is 3.80. The zero-order valence-corrected chi connectivity index (χ0v) is 11.6. The second-order valence-corrected chi connectivity index (χ2v) is 5.89. The fourth-order valence-electron chi connectivity index (χ4n) is 2.77. The highest BCUT2D eigenvalue weighted by molar-refractivity contribution is 7.07. The molecule has 1 atom stereocenters. The van der Waals surface area contributed by atoms with Gasteiger partial charge in [-0.05, 0) is 30.4 Å². The van der Waals surface area contributed by atoms with E-state index in [-0.39, 0.29) is 4.87 Å². The summed E-state index contributed by atoms with van der Waals surface area (Å²) in [6.45, 7) is 0.734. The lowest BCUT2D eigenvalue weighted by Crippen LogP contribution is -2.21. The number of aromatic nitrogens is 1. The standard InChI is InChI=1S/C15H18N2OS/c18-15-17-12(10-19-15)9-16-14-8-4-2-6-11-5-1-3-7-13(11)14/h1,3,5,7,10,14,16H,2,4,6,8-9H2,(H,17,18). The van der Waals surface area contributed by atoms with Crippen LogP contribution in [0, 0.1) is 0 Å². The largest absolute Gasteiger partial charge is 0.315 e. The van der Waals surface area contributed by atoms with Gasteiger partial charge in [-0.25, -0.2) is 0 Å². The molecular formula is C15H18N2OS. The number of fused-ring (bicyclic) bond motifs is 1. The summed E-state index contributed by atoms with van der Waals surface area (Å²) in [5.41, 5.74) is 3.88. The minimum atomic E-state index is 0.0260. The third kappa shape index (κ3) is 2.96. The van der Waals surface area contributed by atoms with Gasteiger partial charge in [0.1, 0.15) is 0 Å². The zero-order chi connectivity index (χ0) is 13.1. The van der Waals surface area contributed by atoms with Crippen LogP contribution in [0.2, 0.25) is 0 Å². The van der Waals surface area contributed by atoms with Crippen LogP contribution in [0.3, 0.4) is 0 Å². The predicted molar refractivity (Wildman–Crippen MR) is 78.5 cm³/mol. The minimum absolute atomic E-state index is 0.0260. The first-order valence-corrected chi connectivity index (χ1v) is 7.69. The molecule has 1 aliphatic carbocycles. The first-order chi connectivity index (χ1) is 9.33. The van der Waals surface area contributed by atoms with Gasteiger partial charge in [-0.3, -0.25) is 4.79 Å². The van der Waals surface area contributed by atoms with Crippen molar-refractivity contribution in [2.45, 2.75) is 38.3 Å². The number of H-pyrrole nitrogens is 1. The van der Waals surface area contributed by atoms with Crippen molar-refractivity contribution in [3.8, 4) is 0 Å². The van der Waals surface area contributed by atoms with Crippen LogP contribution in [0.5, 0.6) is 0 Å². The second-order valence-electron chi connectivity index (χ2n) is 5.05. The molecule has 2 N–H and O–H groups in total. The van der Waals surface area contributed by atoms with E-state index in [4.69, 9.17) is 0 Å². The number of hydrogen-bond donors (Lipinski definition) is 2. The van der Waals surface area contributed by atoms with Gasteiger partial charge >= 0.3 is 4.87 Å². The van der Waals surface area contributed by atoms with Crippen LogP contribution in [0.4, 0.5) is 0 Å². The highest BCUT2D eigenvalue weighted by atomic mass is 32.1. The van der Waals surface area contributed by atoms with E-state index < -0.39 is 0 Å². The molecule has 2 aromatic rings. The molecule has 3 nitrogen and oxygen atoms in total. The van der Waals surface area contributed by atoms with E-state index in [1.807, 2.05) is 5.38 Å². The van der Waals surface area contributed by atoms with Crippen LogP contribution >= 0.6 is 11.3 Å². The molecule has 1 unspecified atom stereocenters. The Labute approximate surface area is 116 Å². The molecule has 1 aromatic heterocycles. The highest BCUT2D eigenvalue weighted by Gasteiger charge is 2.17. The fourth-order valence-corrected chi connectivity index (χ4v) is 3.35. The van der Waals surface area contributed by atoms with Gasteiger partial charge in [-0.2, -0.15) is 0 Å². The molecule has 1 heterocycles. The van der Waals surface area contributed by atoms with Crippen LogP contribution in [-0.4, -0.2) is 4.98 Å². The number of thiazole rings is 1. The lowest BCUT2D eigenvalue weighted by molar-refractivity contribution is 0.486. The topological polar surface area (TPSA) is 44.9 Å². The number of benzene rings is 1. The number of rotatable bonds is 3. The molecule has 4 heteroatoms. The summed E-state index contributed by atoms with van der Waals surface area (Å²) in [6, 6.07) is 9.11. The Morgan fingerprint density at radius 1 is 1.32 bits per heavy atom. The Balaban J connectivity index is 1.75. The third-order valence-corrected chi connectivity index (χ3v) is 4.45. The van der Waals surface area contributed by atoms with Crippen molar-refractivity contribution in [2.24, 2.45) is 0 Å². The number of aromatic amines is 1. The van der Waals surface area contributed by atoms with Gasteiger partial charge in [0.25, 0.3) is 0 Å². The molecule has 0 saturated heterocycles. The number of aryl methyl sites for hydroxylation is 1. The van der Waals surface area contributed by atoms with Crippen LogP contribution in [-0.2, 0) is 13.0 Å². The van der Waals surface area contributed by atoms with Crippen molar-refractivity contribution in [1.29, 1.82) is 0 Å². The Morgan fingerprint density at radius 2 is 2.21 bits per heavy atom. The van der Waals surface area contributed by atoms with Crippen LogP contribution in [0.15, 0.2) is 34.4 Å². The Morgan fingerprint density at radius 3 is 3.05 bits per heavy atom. The molecule has 0 bridgehead atoms. The van der Waals surface area contributed by atoms with Crippen LogP contribution < -0.4 is 10.2 Å². The van der Waals surface area contributed by atoms with Crippen molar-refractivity contribution in [1.82, 2.24) is 10.3 Å². The zero-order valence-electron chi connectivity index (χ0n) is 10.8. The minimum Gasteiger partial charge on any atom is -0.315 e. The van der Waals surface area contributed by atoms with E-state index in [0.29, 0.717) is 6.04 Å². The summed E-state index contributed by atoms with van der Waals surface area (Å²) in [5.74, 6) is 0. The monoisotopic (exact) mass is 274 g/mol. The quantitative estimate of drug-likeness (QED) is 0.845. The number of nitrogens with one attached hydrogen (secondary N) is 2. The van der Waals surface area contributed by atoms with E-state index in [1.54, 1.807) is 0 Å². The van der Waals surface area contributed by atoms with E-state index >= 15 is 0 Å². The van der Waals surface area contributed by atoms with Crippen molar-refractivity contribution >= 4 is 11.3 Å². The molecule has 0 fully saturated rings.